The Hall–Kier alpha value is -2.40. The summed E-state index contributed by atoms with van der Waals surface area (Å²) in [4.78, 5) is 36.4. The zero-order valence-corrected chi connectivity index (χ0v) is 15.4. The second-order valence-corrected chi connectivity index (χ2v) is 7.96. The van der Waals surface area contributed by atoms with Crippen LogP contribution in [0.1, 0.15) is 53.8 Å². The number of thiophene rings is 1. The van der Waals surface area contributed by atoms with E-state index in [1.807, 2.05) is 0 Å². The summed E-state index contributed by atoms with van der Waals surface area (Å²) in [6, 6.07) is 3.89. The molecule has 0 bridgehead atoms. The summed E-state index contributed by atoms with van der Waals surface area (Å²) in [5.41, 5.74) is -0.140. The van der Waals surface area contributed by atoms with Crippen LogP contribution in [0.5, 0.6) is 0 Å². The number of hydrogen-bond acceptors (Lipinski definition) is 6. The molecule has 2 aliphatic rings. The van der Waals surface area contributed by atoms with Crippen molar-refractivity contribution in [1.29, 1.82) is 5.26 Å². The largest absolute Gasteiger partial charge is 0.451 e. The van der Waals surface area contributed by atoms with Crippen LogP contribution in [0.4, 0.5) is 5.00 Å². The van der Waals surface area contributed by atoms with Gasteiger partial charge in [0.05, 0.1) is 11.1 Å². The number of ether oxygens (including phenoxy) is 1. The van der Waals surface area contributed by atoms with E-state index in [1.54, 1.807) is 13.0 Å². The molecule has 26 heavy (non-hydrogen) atoms. The van der Waals surface area contributed by atoms with Gasteiger partial charge >= 0.3 is 5.97 Å². The van der Waals surface area contributed by atoms with E-state index in [1.165, 1.54) is 0 Å². The number of nitrogens with zero attached hydrogens (tertiary/aromatic N) is 1. The van der Waals surface area contributed by atoms with E-state index in [9.17, 15) is 19.6 Å². The van der Waals surface area contributed by atoms with Gasteiger partial charge in [0, 0.05) is 5.92 Å². The van der Waals surface area contributed by atoms with Gasteiger partial charge in [-0.1, -0.05) is 0 Å². The van der Waals surface area contributed by atoms with Gasteiger partial charge in [-0.05, 0) is 57.1 Å². The van der Waals surface area contributed by atoms with E-state index in [-0.39, 0.29) is 11.8 Å². The van der Waals surface area contributed by atoms with Gasteiger partial charge in [-0.15, -0.1) is 11.3 Å². The zero-order valence-electron chi connectivity index (χ0n) is 14.6. The Morgan fingerprint density at radius 1 is 1.35 bits per heavy atom. The van der Waals surface area contributed by atoms with Crippen molar-refractivity contribution in [2.24, 2.45) is 5.92 Å². The minimum Gasteiger partial charge on any atom is -0.451 e. The van der Waals surface area contributed by atoms with Crippen LogP contribution >= 0.6 is 11.3 Å². The molecule has 0 saturated heterocycles. The first kappa shape index (κ1) is 18.4. The predicted molar refractivity (Wildman–Crippen MR) is 95.6 cm³/mol. The Bertz CT molecular complexity index is 770. The van der Waals surface area contributed by atoms with Crippen LogP contribution in [-0.4, -0.2) is 29.9 Å². The molecule has 0 aromatic carbocycles. The zero-order chi connectivity index (χ0) is 18.7. The lowest BCUT2D eigenvalue weighted by Gasteiger charge is -2.21. The summed E-state index contributed by atoms with van der Waals surface area (Å²) in [5.74, 6) is -1.02. The van der Waals surface area contributed by atoms with Crippen LogP contribution in [0.25, 0.3) is 0 Å². The van der Waals surface area contributed by atoms with Crippen molar-refractivity contribution >= 4 is 34.1 Å². The van der Waals surface area contributed by atoms with E-state index < -0.39 is 24.0 Å². The van der Waals surface area contributed by atoms with Crippen LogP contribution in [0.2, 0.25) is 0 Å². The quantitative estimate of drug-likeness (QED) is 0.743. The van der Waals surface area contributed by atoms with Crippen molar-refractivity contribution in [3.63, 3.8) is 0 Å². The van der Waals surface area contributed by atoms with Gasteiger partial charge in [-0.25, -0.2) is 4.79 Å². The summed E-state index contributed by atoms with van der Waals surface area (Å²) in [6.07, 6.45) is 4.86. The van der Waals surface area contributed by atoms with E-state index in [4.69, 9.17) is 4.74 Å². The third-order valence-corrected chi connectivity index (χ3v) is 5.81. The summed E-state index contributed by atoms with van der Waals surface area (Å²) in [6.45, 7) is 1.33. The normalized spacial score (nSPS) is 18.0. The second kappa shape index (κ2) is 7.46. The number of aryl methyl sites for hydroxylation is 1. The van der Waals surface area contributed by atoms with Crippen LogP contribution in [0.3, 0.4) is 0 Å². The average molecular weight is 375 g/mol. The standard InChI is InChI=1S/C18H21N3O4S/c1-11-8-14(20-16(23)12-4-5-12)26-15(11)17(24)25-9-13(22)21-18(10-19)6-2-3-7-18/h8,12H,2-7,9H2,1H3,(H,20,23)(H,21,22). The maximum absolute atomic E-state index is 12.2. The summed E-state index contributed by atoms with van der Waals surface area (Å²) >= 11 is 1.14. The molecule has 0 unspecified atom stereocenters. The van der Waals surface area contributed by atoms with Crippen molar-refractivity contribution in [3.8, 4) is 6.07 Å². The van der Waals surface area contributed by atoms with Crippen molar-refractivity contribution in [3.05, 3.63) is 16.5 Å². The number of nitrogens with one attached hydrogen (secondary N) is 2. The Morgan fingerprint density at radius 3 is 2.65 bits per heavy atom. The maximum atomic E-state index is 12.2. The highest BCUT2D eigenvalue weighted by molar-refractivity contribution is 7.18. The highest BCUT2D eigenvalue weighted by atomic mass is 32.1. The molecule has 138 valence electrons. The first-order valence-electron chi connectivity index (χ1n) is 8.73. The molecule has 2 amide bonds. The number of hydrogen-bond donors (Lipinski definition) is 2. The monoisotopic (exact) mass is 375 g/mol. The molecule has 2 fully saturated rings. The molecule has 0 atom stereocenters. The minimum atomic E-state index is -0.831. The predicted octanol–water partition coefficient (Wildman–Crippen LogP) is 2.51. The van der Waals surface area contributed by atoms with E-state index in [0.717, 1.165) is 37.0 Å². The molecule has 0 radical (unpaired) electrons. The first-order chi connectivity index (χ1) is 12.4. The van der Waals surface area contributed by atoms with E-state index in [2.05, 4.69) is 16.7 Å². The molecule has 2 saturated carbocycles. The Balaban J connectivity index is 1.53. The van der Waals surface area contributed by atoms with Crippen molar-refractivity contribution in [1.82, 2.24) is 5.32 Å². The molecule has 1 aromatic heterocycles. The van der Waals surface area contributed by atoms with Crippen LogP contribution in [-0.2, 0) is 14.3 Å². The number of anilines is 1. The van der Waals surface area contributed by atoms with Gasteiger partial charge in [-0.3, -0.25) is 9.59 Å². The molecule has 0 aliphatic heterocycles. The van der Waals surface area contributed by atoms with E-state index in [0.29, 0.717) is 28.3 Å². The molecular weight excluding hydrogens is 354 g/mol. The molecule has 7 nitrogen and oxygen atoms in total. The maximum Gasteiger partial charge on any atom is 0.349 e. The van der Waals surface area contributed by atoms with Gasteiger partial charge in [0.25, 0.3) is 5.91 Å². The highest BCUT2D eigenvalue weighted by Gasteiger charge is 2.35. The number of amides is 2. The molecule has 1 aromatic rings. The summed E-state index contributed by atoms with van der Waals surface area (Å²) in [7, 11) is 0. The van der Waals surface area contributed by atoms with Crippen molar-refractivity contribution in [2.75, 3.05) is 11.9 Å². The molecule has 1 heterocycles. The molecule has 8 heteroatoms. The number of rotatable bonds is 6. The van der Waals surface area contributed by atoms with E-state index >= 15 is 0 Å². The van der Waals surface area contributed by atoms with Crippen LogP contribution < -0.4 is 10.6 Å². The molecule has 3 rings (SSSR count). The van der Waals surface area contributed by atoms with Gasteiger partial charge in [0.1, 0.15) is 10.4 Å². The summed E-state index contributed by atoms with van der Waals surface area (Å²) in [5, 5.41) is 15.4. The number of esters is 1. The lowest BCUT2D eigenvalue weighted by atomic mass is 10.00. The number of carbonyl (C=O) groups is 3. The summed E-state index contributed by atoms with van der Waals surface area (Å²) < 4.78 is 5.09. The third-order valence-electron chi connectivity index (χ3n) is 4.68. The lowest BCUT2D eigenvalue weighted by Crippen LogP contribution is -2.46. The molecule has 0 spiro atoms. The Kier molecular flexibility index (Phi) is 5.28. The first-order valence-corrected chi connectivity index (χ1v) is 9.55. The molecule has 2 aliphatic carbocycles. The lowest BCUT2D eigenvalue weighted by molar-refractivity contribution is -0.125. The number of nitriles is 1. The Labute approximate surface area is 155 Å². The topological polar surface area (TPSA) is 108 Å². The SMILES string of the molecule is Cc1cc(NC(=O)C2CC2)sc1C(=O)OCC(=O)NC1(C#N)CCCC1. The van der Waals surface area contributed by atoms with Gasteiger partial charge in [0.2, 0.25) is 5.91 Å². The van der Waals surface area contributed by atoms with Gasteiger partial charge in [-0.2, -0.15) is 5.26 Å². The van der Waals surface area contributed by atoms with Gasteiger partial charge in [0.15, 0.2) is 6.61 Å². The average Bonchev–Trinajstić information content (AvgIpc) is 3.27. The fourth-order valence-corrected chi connectivity index (χ4v) is 4.03. The smallest absolute Gasteiger partial charge is 0.349 e. The van der Waals surface area contributed by atoms with Crippen LogP contribution in [0, 0.1) is 24.2 Å². The van der Waals surface area contributed by atoms with Crippen molar-refractivity contribution in [2.45, 2.75) is 51.0 Å². The molecular formula is C18H21N3O4S. The minimum absolute atomic E-state index is 0.0242. The molecule has 2 N–H and O–H groups in total. The Morgan fingerprint density at radius 2 is 2.04 bits per heavy atom. The fraction of sp³-hybridized carbons (Fsp3) is 0.556. The van der Waals surface area contributed by atoms with Crippen molar-refractivity contribution < 1.29 is 19.1 Å². The third kappa shape index (κ3) is 4.22. The van der Waals surface area contributed by atoms with Gasteiger partial charge < -0.3 is 15.4 Å². The number of carbonyl (C=O) groups excluding carboxylic acids is 3. The highest BCUT2D eigenvalue weighted by Crippen LogP contribution is 2.33. The second-order valence-electron chi connectivity index (χ2n) is 6.91. The van der Waals surface area contributed by atoms with Crippen LogP contribution in [0.15, 0.2) is 6.07 Å². The fourth-order valence-electron chi connectivity index (χ4n) is 3.06.